The highest BCUT2D eigenvalue weighted by Crippen LogP contribution is 2.42. The van der Waals surface area contributed by atoms with Gasteiger partial charge in [-0.15, -0.1) is 0 Å². The number of ether oxygens (including phenoxy) is 3. The number of carbonyl (C=O) groups is 1. The lowest BCUT2D eigenvalue weighted by Gasteiger charge is -2.43. The Morgan fingerprint density at radius 1 is 1.30 bits per heavy atom. The smallest absolute Gasteiger partial charge is 0.330 e. The molecule has 2 aliphatic heterocycles. The van der Waals surface area contributed by atoms with E-state index in [4.69, 9.17) is 18.6 Å². The SMILES string of the molecule is CCCC[C@@H]1OC(C)(C)O[C@H]1[C@@H](O[Si](C)(C)C(C)(C)C)[C@H]1CC=CC(=O)O1. The molecule has 6 heteroatoms. The third kappa shape index (κ3) is 5.65. The Morgan fingerprint density at radius 3 is 2.52 bits per heavy atom. The van der Waals surface area contributed by atoms with Gasteiger partial charge in [0.15, 0.2) is 14.1 Å². The highest BCUT2D eigenvalue weighted by Gasteiger charge is 2.51. The molecule has 27 heavy (non-hydrogen) atoms. The highest BCUT2D eigenvalue weighted by molar-refractivity contribution is 6.74. The number of unbranched alkanes of at least 4 members (excludes halogenated alkanes) is 1. The van der Waals surface area contributed by atoms with E-state index in [0.717, 1.165) is 19.3 Å². The zero-order chi connectivity index (χ0) is 20.5. The van der Waals surface area contributed by atoms with Gasteiger partial charge in [0, 0.05) is 12.5 Å². The minimum absolute atomic E-state index is 0.0493. The largest absolute Gasteiger partial charge is 0.456 e. The van der Waals surface area contributed by atoms with Gasteiger partial charge in [-0.1, -0.05) is 46.6 Å². The first-order valence-corrected chi connectivity index (χ1v) is 13.2. The Kier molecular flexibility index (Phi) is 6.99. The molecule has 0 spiro atoms. The molecule has 0 saturated carbocycles. The summed E-state index contributed by atoms with van der Waals surface area (Å²) in [6.45, 7) is 17.2. The molecule has 0 radical (unpaired) electrons. The Labute approximate surface area is 165 Å². The molecule has 0 aromatic heterocycles. The second-order valence-electron chi connectivity index (χ2n) is 9.74. The summed E-state index contributed by atoms with van der Waals surface area (Å²) < 4.78 is 25.0. The average molecular weight is 399 g/mol. The number of rotatable bonds is 7. The Morgan fingerprint density at radius 2 is 1.96 bits per heavy atom. The summed E-state index contributed by atoms with van der Waals surface area (Å²) >= 11 is 0. The summed E-state index contributed by atoms with van der Waals surface area (Å²) in [4.78, 5) is 11.9. The summed E-state index contributed by atoms with van der Waals surface area (Å²) in [6, 6.07) is 0. The van der Waals surface area contributed by atoms with Gasteiger partial charge in [0.1, 0.15) is 18.3 Å². The van der Waals surface area contributed by atoms with Crippen LogP contribution >= 0.6 is 0 Å². The predicted octanol–water partition coefficient (Wildman–Crippen LogP) is 4.96. The van der Waals surface area contributed by atoms with Crippen molar-refractivity contribution in [2.45, 2.75) is 116 Å². The van der Waals surface area contributed by atoms with Gasteiger partial charge in [-0.05, 0) is 38.4 Å². The molecular formula is C21H38O5Si. The van der Waals surface area contributed by atoms with Crippen molar-refractivity contribution in [1.29, 1.82) is 0 Å². The monoisotopic (exact) mass is 398 g/mol. The zero-order valence-electron chi connectivity index (χ0n) is 18.3. The molecule has 0 N–H and O–H groups in total. The van der Waals surface area contributed by atoms with Gasteiger partial charge in [0.05, 0.1) is 6.10 Å². The van der Waals surface area contributed by atoms with Crippen molar-refractivity contribution in [3.8, 4) is 0 Å². The van der Waals surface area contributed by atoms with Crippen molar-refractivity contribution in [3.63, 3.8) is 0 Å². The van der Waals surface area contributed by atoms with Gasteiger partial charge in [-0.3, -0.25) is 0 Å². The lowest BCUT2D eigenvalue weighted by molar-refractivity contribution is -0.170. The second-order valence-corrected chi connectivity index (χ2v) is 14.5. The van der Waals surface area contributed by atoms with E-state index in [9.17, 15) is 4.79 Å². The van der Waals surface area contributed by atoms with Crippen LogP contribution in [0.1, 0.15) is 67.2 Å². The molecule has 0 bridgehead atoms. The topological polar surface area (TPSA) is 54.0 Å². The average Bonchev–Trinajstić information content (AvgIpc) is 2.84. The molecule has 156 valence electrons. The second kappa shape index (κ2) is 8.35. The minimum atomic E-state index is -2.10. The van der Waals surface area contributed by atoms with E-state index >= 15 is 0 Å². The van der Waals surface area contributed by atoms with Crippen LogP contribution in [0.5, 0.6) is 0 Å². The number of hydrogen-bond acceptors (Lipinski definition) is 5. The van der Waals surface area contributed by atoms with Crippen molar-refractivity contribution >= 4 is 14.3 Å². The van der Waals surface area contributed by atoms with E-state index in [0.29, 0.717) is 6.42 Å². The molecule has 1 saturated heterocycles. The van der Waals surface area contributed by atoms with E-state index in [1.807, 2.05) is 19.9 Å². The minimum Gasteiger partial charge on any atom is -0.456 e. The van der Waals surface area contributed by atoms with E-state index in [2.05, 4.69) is 40.8 Å². The number of hydrogen-bond donors (Lipinski definition) is 0. The first kappa shape index (κ1) is 22.6. The van der Waals surface area contributed by atoms with Crippen LogP contribution in [-0.2, 0) is 23.4 Å². The molecule has 0 unspecified atom stereocenters. The van der Waals surface area contributed by atoms with Gasteiger partial charge in [0.2, 0.25) is 0 Å². The number of carbonyl (C=O) groups excluding carboxylic acids is 1. The molecule has 2 aliphatic rings. The Hall–Kier alpha value is -0.693. The van der Waals surface area contributed by atoms with Gasteiger partial charge in [-0.2, -0.15) is 0 Å². The Bertz CT molecular complexity index is 549. The lowest BCUT2D eigenvalue weighted by Crippen LogP contribution is -2.54. The molecule has 0 aromatic rings. The van der Waals surface area contributed by atoms with Crippen LogP contribution in [0.25, 0.3) is 0 Å². The van der Waals surface area contributed by atoms with Crippen LogP contribution in [0.4, 0.5) is 0 Å². The lowest BCUT2D eigenvalue weighted by atomic mass is 9.97. The predicted molar refractivity (Wildman–Crippen MR) is 109 cm³/mol. The van der Waals surface area contributed by atoms with Crippen LogP contribution in [-0.4, -0.2) is 44.5 Å². The van der Waals surface area contributed by atoms with Crippen molar-refractivity contribution in [2.24, 2.45) is 0 Å². The van der Waals surface area contributed by atoms with Gasteiger partial charge < -0.3 is 18.6 Å². The quantitative estimate of drug-likeness (QED) is 0.448. The number of esters is 1. The summed E-state index contributed by atoms with van der Waals surface area (Å²) in [5.74, 6) is -0.967. The van der Waals surface area contributed by atoms with Crippen molar-refractivity contribution in [3.05, 3.63) is 12.2 Å². The molecule has 4 atom stereocenters. The third-order valence-electron chi connectivity index (χ3n) is 5.88. The summed E-state index contributed by atoms with van der Waals surface area (Å²) in [6.07, 6.45) is 6.12. The van der Waals surface area contributed by atoms with Gasteiger partial charge in [0.25, 0.3) is 0 Å². The standard InChI is InChI=1S/C21H38O5Si/c1-9-10-12-16-18(25-21(5,6)24-16)19(15-13-11-14-17(22)23-15)26-27(7,8)20(2,3)4/h11,14-16,18-19H,9-10,12-13H2,1-8H3/t15-,16+,18-,19+/m1/s1. The van der Waals surface area contributed by atoms with Crippen LogP contribution in [0.3, 0.4) is 0 Å². The van der Waals surface area contributed by atoms with Crippen LogP contribution in [0, 0.1) is 0 Å². The van der Waals surface area contributed by atoms with Gasteiger partial charge in [-0.25, -0.2) is 4.79 Å². The zero-order valence-corrected chi connectivity index (χ0v) is 19.3. The van der Waals surface area contributed by atoms with Crippen LogP contribution in [0.15, 0.2) is 12.2 Å². The molecule has 0 aromatic carbocycles. The molecule has 5 nitrogen and oxygen atoms in total. The molecule has 2 heterocycles. The molecule has 1 fully saturated rings. The van der Waals surface area contributed by atoms with E-state index in [1.54, 1.807) is 0 Å². The summed E-state index contributed by atoms with van der Waals surface area (Å²) in [7, 11) is -2.10. The molecule has 2 rings (SSSR count). The number of cyclic esters (lactones) is 1. The maximum atomic E-state index is 11.9. The van der Waals surface area contributed by atoms with Crippen LogP contribution < -0.4 is 0 Å². The molecule has 0 aliphatic carbocycles. The van der Waals surface area contributed by atoms with E-state index in [-0.39, 0.29) is 35.4 Å². The first-order chi connectivity index (χ1) is 12.4. The normalized spacial score (nSPS) is 29.6. The summed E-state index contributed by atoms with van der Waals surface area (Å²) in [5, 5.41) is 0.0493. The molecule has 0 amide bonds. The van der Waals surface area contributed by atoms with Gasteiger partial charge >= 0.3 is 5.97 Å². The van der Waals surface area contributed by atoms with Crippen molar-refractivity contribution in [1.82, 2.24) is 0 Å². The van der Waals surface area contributed by atoms with E-state index in [1.165, 1.54) is 6.08 Å². The highest BCUT2D eigenvalue weighted by atomic mass is 28.4. The third-order valence-corrected chi connectivity index (χ3v) is 10.4. The van der Waals surface area contributed by atoms with Crippen LogP contribution in [0.2, 0.25) is 18.1 Å². The molecular weight excluding hydrogens is 360 g/mol. The maximum absolute atomic E-state index is 11.9. The van der Waals surface area contributed by atoms with Crippen molar-refractivity contribution < 1.29 is 23.4 Å². The Balaban J connectivity index is 2.32. The maximum Gasteiger partial charge on any atom is 0.330 e. The fraction of sp³-hybridized carbons (Fsp3) is 0.857. The van der Waals surface area contributed by atoms with E-state index < -0.39 is 14.1 Å². The van der Waals surface area contributed by atoms with Crippen molar-refractivity contribution in [2.75, 3.05) is 0 Å². The fourth-order valence-electron chi connectivity index (χ4n) is 3.38. The summed E-state index contributed by atoms with van der Waals surface area (Å²) in [5.41, 5.74) is 0. The fourth-order valence-corrected chi connectivity index (χ4v) is 4.70. The first-order valence-electron chi connectivity index (χ1n) is 10.3.